The van der Waals surface area contributed by atoms with Gasteiger partial charge in [-0.05, 0) is 0 Å². The zero-order valence-electron chi connectivity index (χ0n) is 6.63. The van der Waals surface area contributed by atoms with E-state index >= 15 is 0 Å². The van der Waals surface area contributed by atoms with Gasteiger partial charge < -0.3 is 30.8 Å². The van der Waals surface area contributed by atoms with E-state index < -0.39 is 11.9 Å². The molecule has 11 heavy (non-hydrogen) atoms. The zero-order valence-corrected chi connectivity index (χ0v) is 12.6. The molecule has 9 heteroatoms. The van der Waals surface area contributed by atoms with Gasteiger partial charge in [-0.25, -0.2) is 0 Å². The molecule has 0 aromatic carbocycles. The molecule has 0 radical (unpaired) electrons. The molecule has 50 valence electrons. The first-order chi connectivity index (χ1) is 2.64. The molecule has 0 aliphatic heterocycles. The van der Waals surface area contributed by atoms with Gasteiger partial charge in [-0.1, -0.05) is 0 Å². The topological polar surface area (TPSA) is 143 Å². The molecular weight excluding hydrogens is 189 g/mol. The fourth-order valence-electron chi connectivity index (χ4n) is 0. The molecule has 0 unspecified atom stereocenters. The van der Waals surface area contributed by atoms with Gasteiger partial charge in [0.25, 0.3) is 0 Å². The number of carboxylic acid groups (broad SMARTS) is 2. The molecule has 0 saturated heterocycles. The molecule has 4 N–H and O–H groups in total. The van der Waals surface area contributed by atoms with Crippen LogP contribution in [0.3, 0.4) is 0 Å². The van der Waals surface area contributed by atoms with Gasteiger partial charge in [-0.2, -0.15) is 0 Å². The summed E-state index contributed by atoms with van der Waals surface area (Å²) in [7, 11) is 0. The standard InChI is InChI=1S/C2H2O4.3Na.2H2O/c3-1(4)2(5)6;;;;;/h(H,3,4)(H,5,6);;;;2*1H2/q;3*+1;;/p-2. The Labute approximate surface area is 129 Å². The van der Waals surface area contributed by atoms with Crippen LogP contribution in [0.25, 0.3) is 0 Å². The fraction of sp³-hybridized carbons (Fsp3) is 0. The smallest absolute Gasteiger partial charge is 0.543 e. The molecule has 0 fully saturated rings. The van der Waals surface area contributed by atoms with Crippen molar-refractivity contribution in [1.29, 1.82) is 0 Å². The molecule has 0 rings (SSSR count). The summed E-state index contributed by atoms with van der Waals surface area (Å²) in [5, 5.41) is 17.9. The number of carbonyl (C=O) groups is 2. The number of rotatable bonds is 0. The maximum atomic E-state index is 8.93. The summed E-state index contributed by atoms with van der Waals surface area (Å²) in [5.74, 6) is -4.37. The summed E-state index contributed by atoms with van der Waals surface area (Å²) in [6, 6.07) is 0. The van der Waals surface area contributed by atoms with Crippen LogP contribution in [0.2, 0.25) is 0 Å². The molecule has 0 aliphatic rings. The molecule has 6 nitrogen and oxygen atoms in total. The van der Waals surface area contributed by atoms with Crippen LogP contribution in [0.1, 0.15) is 0 Å². The molecule has 0 aromatic rings. The Morgan fingerprint density at radius 3 is 0.818 bits per heavy atom. The van der Waals surface area contributed by atoms with Crippen molar-refractivity contribution in [1.82, 2.24) is 0 Å². The molecule has 0 atom stereocenters. The number of hydrogen-bond donors (Lipinski definition) is 0. The van der Waals surface area contributed by atoms with Gasteiger partial charge >= 0.3 is 88.7 Å². The molecule has 0 aliphatic carbocycles. The Hall–Kier alpha value is 1.86. The van der Waals surface area contributed by atoms with Crippen molar-refractivity contribution >= 4 is 11.9 Å². The maximum Gasteiger partial charge on any atom is 1.00 e. The third kappa shape index (κ3) is 33.6. The predicted octanol–water partition coefficient (Wildman–Crippen LogP) is -14.2. The third-order valence-corrected chi connectivity index (χ3v) is 0.167. The average molecular weight is 193 g/mol. The summed E-state index contributed by atoms with van der Waals surface area (Å²) in [6.07, 6.45) is 0. The van der Waals surface area contributed by atoms with Gasteiger partial charge in [0.15, 0.2) is 0 Å². The minimum absolute atomic E-state index is 0. The van der Waals surface area contributed by atoms with E-state index in [2.05, 4.69) is 0 Å². The Morgan fingerprint density at radius 2 is 0.818 bits per heavy atom. The first-order valence-corrected chi connectivity index (χ1v) is 1.07. The molecule has 0 heterocycles. The van der Waals surface area contributed by atoms with E-state index in [0.717, 1.165) is 0 Å². The first-order valence-electron chi connectivity index (χ1n) is 1.07. The van der Waals surface area contributed by atoms with Crippen LogP contribution in [0.15, 0.2) is 0 Å². The Kier molecular flexibility index (Phi) is 79.1. The second-order valence-corrected chi connectivity index (χ2v) is 0.575. The summed E-state index contributed by atoms with van der Waals surface area (Å²) < 4.78 is 0. The van der Waals surface area contributed by atoms with Gasteiger partial charge in [0.1, 0.15) is 0 Å². The van der Waals surface area contributed by atoms with Gasteiger partial charge in [0.2, 0.25) is 0 Å². The van der Waals surface area contributed by atoms with E-state index in [1.165, 1.54) is 0 Å². The number of aliphatic carboxylic acids is 2. The van der Waals surface area contributed by atoms with E-state index in [-0.39, 0.29) is 99.6 Å². The van der Waals surface area contributed by atoms with Crippen molar-refractivity contribution in [2.24, 2.45) is 0 Å². The van der Waals surface area contributed by atoms with Gasteiger partial charge in [0, 0.05) is 0 Å². The fourth-order valence-corrected chi connectivity index (χ4v) is 0. The maximum absolute atomic E-state index is 8.93. The van der Waals surface area contributed by atoms with Crippen LogP contribution in [0, 0.1) is 0 Å². The SMILES string of the molecule is O.O.O=C([O-])C(=O)[O-].[Na+].[Na+].[Na+]. The molecule has 0 aromatic heterocycles. The van der Waals surface area contributed by atoms with Crippen LogP contribution in [-0.4, -0.2) is 22.9 Å². The first kappa shape index (κ1) is 38.4. The summed E-state index contributed by atoms with van der Waals surface area (Å²) in [5.41, 5.74) is 0. The van der Waals surface area contributed by atoms with Crippen molar-refractivity contribution in [3.8, 4) is 0 Å². The average Bonchev–Trinajstić information content (AvgIpc) is 1.36. The predicted molar refractivity (Wildman–Crippen MR) is 17.2 cm³/mol. The minimum Gasteiger partial charge on any atom is -0.543 e. The van der Waals surface area contributed by atoms with Crippen LogP contribution in [0.4, 0.5) is 0 Å². The second-order valence-electron chi connectivity index (χ2n) is 0.575. The van der Waals surface area contributed by atoms with Gasteiger partial charge in [-0.3, -0.25) is 0 Å². The van der Waals surface area contributed by atoms with Crippen LogP contribution in [-0.2, 0) is 9.59 Å². The third-order valence-electron chi connectivity index (χ3n) is 0.167. The van der Waals surface area contributed by atoms with Crippen molar-refractivity contribution in [2.75, 3.05) is 0 Å². The molecule has 0 bridgehead atoms. The normalized spacial score (nSPS) is 4.00. The summed E-state index contributed by atoms with van der Waals surface area (Å²) in [4.78, 5) is 17.9. The molecule has 0 saturated carbocycles. The second kappa shape index (κ2) is 22.6. The van der Waals surface area contributed by atoms with E-state index in [4.69, 9.17) is 19.8 Å². The summed E-state index contributed by atoms with van der Waals surface area (Å²) >= 11 is 0. The van der Waals surface area contributed by atoms with Gasteiger partial charge in [0.05, 0.1) is 11.9 Å². The van der Waals surface area contributed by atoms with Crippen molar-refractivity contribution in [3.63, 3.8) is 0 Å². The Bertz CT molecular complexity index is 81.8. The van der Waals surface area contributed by atoms with Crippen LogP contribution >= 0.6 is 0 Å². The van der Waals surface area contributed by atoms with E-state index in [9.17, 15) is 0 Å². The van der Waals surface area contributed by atoms with Gasteiger partial charge in [-0.15, -0.1) is 0 Å². The van der Waals surface area contributed by atoms with E-state index in [1.54, 1.807) is 0 Å². The molecule has 0 amide bonds. The summed E-state index contributed by atoms with van der Waals surface area (Å²) in [6.45, 7) is 0. The van der Waals surface area contributed by atoms with E-state index in [0.29, 0.717) is 0 Å². The molecular formula is C2H4Na3O6+. The minimum atomic E-state index is -2.19. The van der Waals surface area contributed by atoms with Crippen molar-refractivity contribution < 1.29 is 119 Å². The number of carbonyl (C=O) groups excluding carboxylic acids is 2. The number of hydrogen-bond acceptors (Lipinski definition) is 4. The van der Waals surface area contributed by atoms with Crippen molar-refractivity contribution in [2.45, 2.75) is 0 Å². The van der Waals surface area contributed by atoms with E-state index in [1.807, 2.05) is 0 Å². The Balaban J connectivity index is -0.0000000125. The molecule has 0 spiro atoms. The van der Waals surface area contributed by atoms with Crippen LogP contribution in [0.5, 0.6) is 0 Å². The number of carboxylic acids is 2. The quantitative estimate of drug-likeness (QED) is 0.277. The largest absolute Gasteiger partial charge is 1.00 e. The monoisotopic (exact) mass is 193 g/mol. The van der Waals surface area contributed by atoms with Crippen LogP contribution < -0.4 is 98.9 Å². The zero-order chi connectivity index (χ0) is 5.15. The van der Waals surface area contributed by atoms with Crippen molar-refractivity contribution in [3.05, 3.63) is 0 Å². The Morgan fingerprint density at radius 1 is 0.727 bits per heavy atom.